The van der Waals surface area contributed by atoms with Gasteiger partial charge in [-0.25, -0.2) is 19.4 Å². The highest BCUT2D eigenvalue weighted by atomic mass is 79.9. The standard InChI is InChI=1S/C18H12BrClN4O2/c1-9-6-10(2)14-11(7-9)18(25)26-17(23-14)15-12(19)8-22-24(15)16-13(20)4-3-5-21-16/h3-8H,1-2H3. The Bertz CT molecular complexity index is 1220. The number of fused-ring (bicyclic) bond motifs is 1. The number of hydrogen-bond donors (Lipinski definition) is 0. The first-order valence-electron chi connectivity index (χ1n) is 7.72. The Morgan fingerprint density at radius 1 is 1.27 bits per heavy atom. The molecule has 0 unspecified atom stereocenters. The molecule has 0 spiro atoms. The molecule has 0 radical (unpaired) electrons. The molecule has 6 nitrogen and oxygen atoms in total. The average molecular weight is 432 g/mol. The van der Waals surface area contributed by atoms with Crippen molar-refractivity contribution in [1.82, 2.24) is 19.7 Å². The van der Waals surface area contributed by atoms with Gasteiger partial charge in [0, 0.05) is 6.20 Å². The molecule has 0 saturated carbocycles. The van der Waals surface area contributed by atoms with E-state index in [1.54, 1.807) is 30.6 Å². The minimum atomic E-state index is -0.455. The van der Waals surface area contributed by atoms with Gasteiger partial charge in [-0.3, -0.25) is 0 Å². The molecule has 0 N–H and O–H groups in total. The van der Waals surface area contributed by atoms with Crippen molar-refractivity contribution >= 4 is 38.4 Å². The molecule has 1 aromatic carbocycles. The van der Waals surface area contributed by atoms with Crippen molar-refractivity contribution in [3.63, 3.8) is 0 Å². The van der Waals surface area contributed by atoms with Crippen molar-refractivity contribution in [2.45, 2.75) is 13.8 Å². The molecule has 4 rings (SSSR count). The second-order valence-corrected chi connectivity index (χ2v) is 7.11. The van der Waals surface area contributed by atoms with Crippen LogP contribution in [0.4, 0.5) is 0 Å². The fraction of sp³-hybridized carbons (Fsp3) is 0.111. The zero-order valence-corrected chi connectivity index (χ0v) is 16.2. The molecule has 130 valence electrons. The Labute approximate surface area is 161 Å². The molecule has 8 heteroatoms. The van der Waals surface area contributed by atoms with Gasteiger partial charge in [0.15, 0.2) is 5.82 Å². The third-order valence-corrected chi connectivity index (χ3v) is 4.81. The van der Waals surface area contributed by atoms with Crippen LogP contribution in [0.5, 0.6) is 0 Å². The van der Waals surface area contributed by atoms with E-state index >= 15 is 0 Å². The number of halogens is 2. The van der Waals surface area contributed by atoms with Crippen molar-refractivity contribution in [1.29, 1.82) is 0 Å². The highest BCUT2D eigenvalue weighted by Crippen LogP contribution is 2.31. The molecule has 0 bridgehead atoms. The summed E-state index contributed by atoms with van der Waals surface area (Å²) >= 11 is 9.68. The van der Waals surface area contributed by atoms with Crippen molar-refractivity contribution in [2.24, 2.45) is 0 Å². The Balaban J connectivity index is 2.02. The number of rotatable bonds is 2. The van der Waals surface area contributed by atoms with E-state index in [9.17, 15) is 4.79 Å². The Morgan fingerprint density at radius 2 is 2.08 bits per heavy atom. The number of pyridine rings is 1. The third-order valence-electron chi connectivity index (χ3n) is 3.93. The highest BCUT2D eigenvalue weighted by molar-refractivity contribution is 9.10. The molecular weight excluding hydrogens is 420 g/mol. The van der Waals surface area contributed by atoms with E-state index in [0.29, 0.717) is 31.9 Å². The highest BCUT2D eigenvalue weighted by Gasteiger charge is 2.21. The molecule has 0 aliphatic rings. The van der Waals surface area contributed by atoms with Crippen LogP contribution in [0.2, 0.25) is 5.02 Å². The molecular formula is C18H12BrClN4O2. The maximum absolute atomic E-state index is 12.5. The SMILES string of the molecule is Cc1cc(C)c2nc(-c3c(Br)cnn3-c3ncccc3Cl)oc(=O)c2c1. The first-order valence-corrected chi connectivity index (χ1v) is 8.89. The normalized spacial score (nSPS) is 11.2. The van der Waals surface area contributed by atoms with E-state index in [2.05, 4.69) is 31.0 Å². The summed E-state index contributed by atoms with van der Waals surface area (Å²) in [6.07, 6.45) is 3.19. The van der Waals surface area contributed by atoms with Gasteiger partial charge in [0.2, 0.25) is 0 Å². The van der Waals surface area contributed by atoms with Gasteiger partial charge in [0.05, 0.1) is 26.6 Å². The third kappa shape index (κ3) is 2.73. The summed E-state index contributed by atoms with van der Waals surface area (Å²) in [7, 11) is 0. The van der Waals surface area contributed by atoms with E-state index in [1.807, 2.05) is 19.9 Å². The van der Waals surface area contributed by atoms with Crippen LogP contribution in [0, 0.1) is 13.8 Å². The van der Waals surface area contributed by atoms with Gasteiger partial charge < -0.3 is 4.42 Å². The Morgan fingerprint density at radius 3 is 2.85 bits per heavy atom. The van der Waals surface area contributed by atoms with Gasteiger partial charge in [0.25, 0.3) is 5.89 Å². The van der Waals surface area contributed by atoms with Crippen LogP contribution in [0.3, 0.4) is 0 Å². The number of hydrogen-bond acceptors (Lipinski definition) is 5. The molecule has 0 amide bonds. The first-order chi connectivity index (χ1) is 12.5. The molecule has 3 aromatic heterocycles. The predicted molar refractivity (Wildman–Crippen MR) is 103 cm³/mol. The summed E-state index contributed by atoms with van der Waals surface area (Å²) < 4.78 is 7.60. The van der Waals surface area contributed by atoms with Crippen LogP contribution in [0.15, 0.2) is 50.3 Å². The van der Waals surface area contributed by atoms with Crippen LogP contribution in [0.25, 0.3) is 28.3 Å². The predicted octanol–water partition coefficient (Wildman–Crippen LogP) is 4.47. The largest absolute Gasteiger partial charge is 0.401 e. The summed E-state index contributed by atoms with van der Waals surface area (Å²) in [6.45, 7) is 3.84. The topological polar surface area (TPSA) is 73.8 Å². The summed E-state index contributed by atoms with van der Waals surface area (Å²) in [5.41, 5.74) is 2.47. The number of benzene rings is 1. The fourth-order valence-electron chi connectivity index (χ4n) is 2.85. The summed E-state index contributed by atoms with van der Waals surface area (Å²) in [6, 6.07) is 7.18. The lowest BCUT2D eigenvalue weighted by atomic mass is 10.1. The Kier molecular flexibility index (Phi) is 4.13. The molecule has 0 aliphatic heterocycles. The monoisotopic (exact) mass is 430 g/mol. The zero-order valence-electron chi connectivity index (χ0n) is 13.8. The van der Waals surface area contributed by atoms with Gasteiger partial charge >= 0.3 is 5.63 Å². The van der Waals surface area contributed by atoms with Gasteiger partial charge in [-0.05, 0) is 59.1 Å². The van der Waals surface area contributed by atoms with Crippen molar-refractivity contribution in [2.75, 3.05) is 0 Å². The summed E-state index contributed by atoms with van der Waals surface area (Å²) in [5.74, 6) is 0.556. The lowest BCUT2D eigenvalue weighted by Gasteiger charge is -2.09. The lowest BCUT2D eigenvalue weighted by Crippen LogP contribution is -2.08. The van der Waals surface area contributed by atoms with Crippen molar-refractivity contribution in [3.05, 3.63) is 67.7 Å². The number of aryl methyl sites for hydroxylation is 2. The van der Waals surface area contributed by atoms with Gasteiger partial charge in [-0.2, -0.15) is 5.10 Å². The van der Waals surface area contributed by atoms with Gasteiger partial charge in [0.1, 0.15) is 5.69 Å². The van der Waals surface area contributed by atoms with Crippen LogP contribution in [0.1, 0.15) is 11.1 Å². The second-order valence-electron chi connectivity index (χ2n) is 5.85. The quantitative estimate of drug-likeness (QED) is 0.468. The van der Waals surface area contributed by atoms with E-state index in [4.69, 9.17) is 16.0 Å². The van der Waals surface area contributed by atoms with Gasteiger partial charge in [-0.1, -0.05) is 17.7 Å². The fourth-order valence-corrected chi connectivity index (χ4v) is 3.48. The van der Waals surface area contributed by atoms with E-state index in [0.717, 1.165) is 11.1 Å². The van der Waals surface area contributed by atoms with Crippen LogP contribution in [-0.2, 0) is 0 Å². The maximum atomic E-state index is 12.5. The van der Waals surface area contributed by atoms with Crippen LogP contribution in [-0.4, -0.2) is 19.7 Å². The van der Waals surface area contributed by atoms with Crippen molar-refractivity contribution < 1.29 is 4.42 Å². The second kappa shape index (κ2) is 6.34. The maximum Gasteiger partial charge on any atom is 0.347 e. The minimum absolute atomic E-state index is 0.139. The molecule has 0 atom stereocenters. The zero-order chi connectivity index (χ0) is 18.4. The summed E-state index contributed by atoms with van der Waals surface area (Å²) in [5, 5.41) is 5.15. The molecule has 0 saturated heterocycles. The van der Waals surface area contributed by atoms with Crippen molar-refractivity contribution in [3.8, 4) is 17.4 Å². The van der Waals surface area contributed by atoms with Crippen LogP contribution < -0.4 is 5.63 Å². The summed E-state index contributed by atoms with van der Waals surface area (Å²) in [4.78, 5) is 21.4. The van der Waals surface area contributed by atoms with E-state index in [-0.39, 0.29) is 5.89 Å². The lowest BCUT2D eigenvalue weighted by molar-refractivity contribution is 0.513. The minimum Gasteiger partial charge on any atom is -0.401 e. The van der Waals surface area contributed by atoms with Crippen LogP contribution >= 0.6 is 27.5 Å². The molecule has 3 heterocycles. The van der Waals surface area contributed by atoms with Gasteiger partial charge in [-0.15, -0.1) is 0 Å². The van der Waals surface area contributed by atoms with E-state index in [1.165, 1.54) is 4.68 Å². The molecule has 0 aliphatic carbocycles. The number of nitrogens with zero attached hydrogens (tertiary/aromatic N) is 4. The number of aromatic nitrogens is 4. The molecule has 4 aromatic rings. The first kappa shape index (κ1) is 16.9. The smallest absolute Gasteiger partial charge is 0.347 e. The molecule has 0 fully saturated rings. The average Bonchev–Trinajstić information content (AvgIpc) is 2.97. The molecule has 26 heavy (non-hydrogen) atoms. The van der Waals surface area contributed by atoms with E-state index < -0.39 is 5.63 Å². The Hall–Kier alpha value is -2.51.